The van der Waals surface area contributed by atoms with Gasteiger partial charge in [-0.25, -0.2) is 0 Å². The van der Waals surface area contributed by atoms with Crippen LogP contribution in [0, 0.1) is 0 Å². The first kappa shape index (κ1) is 9.71. The number of thiophene rings is 1. The van der Waals surface area contributed by atoms with Gasteiger partial charge in [-0.2, -0.15) is 0 Å². The van der Waals surface area contributed by atoms with E-state index in [0.29, 0.717) is 6.04 Å². The predicted octanol–water partition coefficient (Wildman–Crippen LogP) is 2.05. The van der Waals surface area contributed by atoms with Crippen molar-refractivity contribution in [3.05, 3.63) is 22.4 Å². The zero-order chi connectivity index (χ0) is 8.81. The number of methoxy groups -OCH3 is 1. The molecule has 1 aromatic rings. The standard InChI is InChI=1S/C9H15NOS/c1-8(10-5-6-11-2)9-4-3-7-12-9/h3-4,7-8,10H,5-6H2,1-2H3/t8-/m0/s1. The molecule has 2 nitrogen and oxygen atoms in total. The zero-order valence-electron chi connectivity index (χ0n) is 7.54. The topological polar surface area (TPSA) is 21.3 Å². The first-order chi connectivity index (χ1) is 5.84. The Bertz CT molecular complexity index is 198. The van der Waals surface area contributed by atoms with Gasteiger partial charge >= 0.3 is 0 Å². The maximum Gasteiger partial charge on any atom is 0.0587 e. The Labute approximate surface area is 77.6 Å². The summed E-state index contributed by atoms with van der Waals surface area (Å²) < 4.78 is 4.95. The SMILES string of the molecule is COCCN[C@@H](C)c1cccs1. The molecule has 1 atom stereocenters. The fraction of sp³-hybridized carbons (Fsp3) is 0.556. The summed E-state index contributed by atoms with van der Waals surface area (Å²) in [6.45, 7) is 3.85. The lowest BCUT2D eigenvalue weighted by atomic mass is 10.3. The maximum atomic E-state index is 4.95. The lowest BCUT2D eigenvalue weighted by molar-refractivity contribution is 0.196. The van der Waals surface area contributed by atoms with E-state index in [-0.39, 0.29) is 0 Å². The minimum Gasteiger partial charge on any atom is -0.383 e. The van der Waals surface area contributed by atoms with E-state index in [2.05, 4.69) is 29.8 Å². The maximum absolute atomic E-state index is 4.95. The smallest absolute Gasteiger partial charge is 0.0587 e. The molecule has 0 fully saturated rings. The van der Waals surface area contributed by atoms with E-state index in [1.54, 1.807) is 18.4 Å². The Balaban J connectivity index is 2.25. The van der Waals surface area contributed by atoms with Crippen molar-refractivity contribution >= 4 is 11.3 Å². The molecular weight excluding hydrogens is 170 g/mol. The molecule has 0 saturated heterocycles. The van der Waals surface area contributed by atoms with Gasteiger partial charge in [-0.15, -0.1) is 11.3 Å². The Morgan fingerprint density at radius 3 is 3.08 bits per heavy atom. The highest BCUT2D eigenvalue weighted by molar-refractivity contribution is 7.10. The van der Waals surface area contributed by atoms with Crippen LogP contribution in [0.2, 0.25) is 0 Å². The summed E-state index contributed by atoms with van der Waals surface area (Å²) in [4.78, 5) is 1.38. The van der Waals surface area contributed by atoms with Crippen molar-refractivity contribution in [3.63, 3.8) is 0 Å². The molecule has 0 radical (unpaired) electrons. The van der Waals surface area contributed by atoms with Crippen LogP contribution in [0.25, 0.3) is 0 Å². The van der Waals surface area contributed by atoms with Gasteiger partial charge in [-0.05, 0) is 18.4 Å². The molecule has 0 amide bonds. The van der Waals surface area contributed by atoms with Crippen LogP contribution in [0.1, 0.15) is 17.8 Å². The van der Waals surface area contributed by atoms with E-state index in [4.69, 9.17) is 4.74 Å². The van der Waals surface area contributed by atoms with Gasteiger partial charge < -0.3 is 10.1 Å². The quantitative estimate of drug-likeness (QED) is 0.709. The summed E-state index contributed by atoms with van der Waals surface area (Å²) in [5.41, 5.74) is 0. The lowest BCUT2D eigenvalue weighted by Gasteiger charge is -2.10. The molecule has 68 valence electrons. The minimum atomic E-state index is 0.445. The van der Waals surface area contributed by atoms with Crippen LogP contribution < -0.4 is 5.32 Å². The van der Waals surface area contributed by atoms with E-state index in [9.17, 15) is 0 Å². The van der Waals surface area contributed by atoms with Crippen LogP contribution in [0.4, 0.5) is 0 Å². The third-order valence-corrected chi connectivity index (χ3v) is 2.78. The summed E-state index contributed by atoms with van der Waals surface area (Å²) in [5.74, 6) is 0. The van der Waals surface area contributed by atoms with Gasteiger partial charge in [0.1, 0.15) is 0 Å². The van der Waals surface area contributed by atoms with Crippen molar-refractivity contribution in [1.82, 2.24) is 5.32 Å². The average Bonchev–Trinajstić information content (AvgIpc) is 2.56. The molecule has 1 rings (SSSR count). The highest BCUT2D eigenvalue weighted by atomic mass is 32.1. The summed E-state index contributed by atoms with van der Waals surface area (Å²) in [6.07, 6.45) is 0. The van der Waals surface area contributed by atoms with Gasteiger partial charge in [0.2, 0.25) is 0 Å². The van der Waals surface area contributed by atoms with Crippen LogP contribution in [-0.4, -0.2) is 20.3 Å². The molecule has 1 N–H and O–H groups in total. The largest absolute Gasteiger partial charge is 0.383 e. The molecule has 0 spiro atoms. The molecule has 1 heterocycles. The Kier molecular flexibility index (Phi) is 4.29. The number of rotatable bonds is 5. The van der Waals surface area contributed by atoms with Crippen LogP contribution in [0.3, 0.4) is 0 Å². The second-order valence-electron chi connectivity index (χ2n) is 2.68. The highest BCUT2D eigenvalue weighted by Crippen LogP contribution is 2.17. The third kappa shape index (κ3) is 2.93. The highest BCUT2D eigenvalue weighted by Gasteiger charge is 2.03. The normalized spacial score (nSPS) is 13.2. The molecule has 3 heteroatoms. The van der Waals surface area contributed by atoms with E-state index >= 15 is 0 Å². The van der Waals surface area contributed by atoms with Gasteiger partial charge in [0.05, 0.1) is 6.61 Å². The van der Waals surface area contributed by atoms with Crippen molar-refractivity contribution in [3.8, 4) is 0 Å². The van der Waals surface area contributed by atoms with Gasteiger partial charge in [-0.1, -0.05) is 6.07 Å². The first-order valence-corrected chi connectivity index (χ1v) is 4.98. The molecule has 0 bridgehead atoms. The van der Waals surface area contributed by atoms with E-state index in [0.717, 1.165) is 13.2 Å². The van der Waals surface area contributed by atoms with Gasteiger partial charge in [-0.3, -0.25) is 0 Å². The van der Waals surface area contributed by atoms with Crippen molar-refractivity contribution < 1.29 is 4.74 Å². The predicted molar refractivity (Wildman–Crippen MR) is 52.6 cm³/mol. The zero-order valence-corrected chi connectivity index (χ0v) is 8.36. The van der Waals surface area contributed by atoms with Crippen molar-refractivity contribution in [1.29, 1.82) is 0 Å². The molecule has 0 aliphatic carbocycles. The minimum absolute atomic E-state index is 0.445. The Morgan fingerprint density at radius 1 is 1.67 bits per heavy atom. The average molecular weight is 185 g/mol. The fourth-order valence-electron chi connectivity index (χ4n) is 1.02. The van der Waals surface area contributed by atoms with Gasteiger partial charge in [0, 0.05) is 24.6 Å². The third-order valence-electron chi connectivity index (χ3n) is 1.73. The van der Waals surface area contributed by atoms with Crippen LogP contribution in [0.5, 0.6) is 0 Å². The van der Waals surface area contributed by atoms with Crippen molar-refractivity contribution in [2.75, 3.05) is 20.3 Å². The summed E-state index contributed by atoms with van der Waals surface area (Å²) in [7, 11) is 1.72. The monoisotopic (exact) mass is 185 g/mol. The fourth-order valence-corrected chi connectivity index (χ4v) is 1.77. The van der Waals surface area contributed by atoms with Crippen molar-refractivity contribution in [2.45, 2.75) is 13.0 Å². The Hall–Kier alpha value is -0.380. The van der Waals surface area contributed by atoms with E-state index < -0.39 is 0 Å². The molecule has 0 aliphatic heterocycles. The lowest BCUT2D eigenvalue weighted by Crippen LogP contribution is -2.22. The molecule has 0 aromatic carbocycles. The molecular formula is C9H15NOS. The number of ether oxygens (including phenoxy) is 1. The van der Waals surface area contributed by atoms with Crippen LogP contribution in [0.15, 0.2) is 17.5 Å². The van der Waals surface area contributed by atoms with Gasteiger partial charge in [0.25, 0.3) is 0 Å². The second-order valence-corrected chi connectivity index (χ2v) is 3.66. The molecule has 0 unspecified atom stereocenters. The van der Waals surface area contributed by atoms with Gasteiger partial charge in [0.15, 0.2) is 0 Å². The summed E-state index contributed by atoms with van der Waals surface area (Å²) in [6, 6.07) is 4.67. The van der Waals surface area contributed by atoms with Crippen LogP contribution in [-0.2, 0) is 4.74 Å². The molecule has 0 aliphatic rings. The molecule has 1 aromatic heterocycles. The van der Waals surface area contributed by atoms with E-state index in [1.165, 1.54) is 4.88 Å². The number of hydrogen-bond donors (Lipinski definition) is 1. The first-order valence-electron chi connectivity index (χ1n) is 4.10. The molecule has 0 saturated carbocycles. The van der Waals surface area contributed by atoms with Crippen molar-refractivity contribution in [2.24, 2.45) is 0 Å². The summed E-state index contributed by atoms with van der Waals surface area (Å²) >= 11 is 1.79. The summed E-state index contributed by atoms with van der Waals surface area (Å²) in [5, 5.41) is 5.47. The number of nitrogens with one attached hydrogen (secondary N) is 1. The molecule has 12 heavy (non-hydrogen) atoms. The van der Waals surface area contributed by atoms with Crippen LogP contribution >= 0.6 is 11.3 Å². The number of hydrogen-bond acceptors (Lipinski definition) is 3. The Morgan fingerprint density at radius 2 is 2.50 bits per heavy atom. The van der Waals surface area contributed by atoms with E-state index in [1.807, 2.05) is 0 Å². The second kappa shape index (κ2) is 5.30.